The van der Waals surface area contributed by atoms with E-state index in [1.54, 1.807) is 6.08 Å². The summed E-state index contributed by atoms with van der Waals surface area (Å²) >= 11 is 6.10. The highest BCUT2D eigenvalue weighted by Gasteiger charge is 2.36. The molecular weight excluding hydrogens is 536 g/mol. The minimum absolute atomic E-state index is 0.0511. The predicted octanol–water partition coefficient (Wildman–Crippen LogP) is 7.07. The van der Waals surface area contributed by atoms with Gasteiger partial charge in [0.15, 0.2) is 0 Å². The first-order valence-corrected chi connectivity index (χ1v) is 14.2. The smallest absolute Gasteiger partial charge is 0.116 e. The van der Waals surface area contributed by atoms with Crippen LogP contribution in [0.3, 0.4) is 0 Å². The lowest BCUT2D eigenvalue weighted by Gasteiger charge is -2.35. The van der Waals surface area contributed by atoms with Crippen LogP contribution in [0.4, 0.5) is 0 Å². The van der Waals surface area contributed by atoms with Crippen molar-refractivity contribution in [1.82, 2.24) is 0 Å². The van der Waals surface area contributed by atoms with Crippen LogP contribution < -0.4 is 0 Å². The summed E-state index contributed by atoms with van der Waals surface area (Å²) in [5.41, 5.74) is 5.42. The first-order chi connectivity index (χ1) is 20.2. The minimum Gasteiger partial charge on any atom is -0.388 e. The predicted molar refractivity (Wildman–Crippen MR) is 162 cm³/mol. The van der Waals surface area contributed by atoms with E-state index in [4.69, 9.17) is 30.5 Å². The Morgan fingerprint density at radius 3 is 1.37 bits per heavy atom. The normalized spacial score (nSPS) is 14.5. The van der Waals surface area contributed by atoms with E-state index in [-0.39, 0.29) is 13.2 Å². The van der Waals surface area contributed by atoms with Crippen molar-refractivity contribution in [2.45, 2.75) is 50.8 Å². The molecule has 0 heterocycles. The molecule has 0 aliphatic heterocycles. The van der Waals surface area contributed by atoms with Gasteiger partial charge in [0.05, 0.1) is 33.0 Å². The number of hydrogen-bond donors (Lipinski definition) is 1. The van der Waals surface area contributed by atoms with Crippen LogP contribution in [-0.4, -0.2) is 36.1 Å². The quantitative estimate of drug-likeness (QED) is 0.147. The van der Waals surface area contributed by atoms with E-state index in [1.807, 2.05) is 121 Å². The van der Waals surface area contributed by atoms with Gasteiger partial charge in [0.2, 0.25) is 0 Å². The molecule has 6 heteroatoms. The fraction of sp³-hybridized carbons (Fsp3) is 0.257. The Kier molecular flexibility index (Phi) is 13.1. The molecule has 0 aliphatic rings. The lowest BCUT2D eigenvalue weighted by atomic mass is 10.0. The van der Waals surface area contributed by atoms with Crippen molar-refractivity contribution in [1.29, 1.82) is 0 Å². The number of rotatable bonds is 17. The van der Waals surface area contributed by atoms with Crippen LogP contribution >= 0.6 is 11.6 Å². The van der Waals surface area contributed by atoms with Gasteiger partial charge in [0.1, 0.15) is 24.4 Å². The fourth-order valence-electron chi connectivity index (χ4n) is 4.40. The zero-order valence-electron chi connectivity index (χ0n) is 23.0. The standard InChI is InChI=1S/C35H37ClO5/c36-22-21-33(39-24-29-15-7-2-8-16-29)35(41-26-31-19-11-4-12-20-31)34(40-25-30-17-9-3-10-18-30)32(37)27-38-23-28-13-5-1-6-14-28/h1-22,32-35,37H,23-27H2/b22-21+/t32-,33-,34-,35-/m1/s1. The maximum absolute atomic E-state index is 11.5. The maximum Gasteiger partial charge on any atom is 0.116 e. The Morgan fingerprint density at radius 1 is 0.537 bits per heavy atom. The molecule has 214 valence electrons. The van der Waals surface area contributed by atoms with Crippen molar-refractivity contribution in [3.63, 3.8) is 0 Å². The lowest BCUT2D eigenvalue weighted by Crippen LogP contribution is -2.49. The molecule has 4 rings (SSSR count). The van der Waals surface area contributed by atoms with E-state index in [0.717, 1.165) is 22.3 Å². The summed E-state index contributed by atoms with van der Waals surface area (Å²) in [7, 11) is 0. The summed E-state index contributed by atoms with van der Waals surface area (Å²) in [6.07, 6.45) is -1.37. The molecule has 1 N–H and O–H groups in total. The molecule has 0 saturated carbocycles. The van der Waals surface area contributed by atoms with Gasteiger partial charge in [-0.1, -0.05) is 133 Å². The number of halogens is 1. The molecule has 4 atom stereocenters. The molecule has 5 nitrogen and oxygen atoms in total. The molecule has 0 aliphatic carbocycles. The van der Waals surface area contributed by atoms with E-state index < -0.39 is 24.4 Å². The van der Waals surface area contributed by atoms with Crippen molar-refractivity contribution in [2.75, 3.05) is 6.61 Å². The van der Waals surface area contributed by atoms with Gasteiger partial charge < -0.3 is 24.1 Å². The Balaban J connectivity index is 1.56. The molecular formula is C35H37ClO5. The van der Waals surface area contributed by atoms with Gasteiger partial charge in [0, 0.05) is 5.54 Å². The third-order valence-electron chi connectivity index (χ3n) is 6.55. The number of ether oxygens (including phenoxy) is 4. The van der Waals surface area contributed by atoms with E-state index in [0.29, 0.717) is 19.8 Å². The largest absolute Gasteiger partial charge is 0.388 e. The van der Waals surface area contributed by atoms with Gasteiger partial charge in [-0.15, -0.1) is 0 Å². The van der Waals surface area contributed by atoms with Crippen molar-refractivity contribution >= 4 is 11.6 Å². The van der Waals surface area contributed by atoms with E-state index in [9.17, 15) is 5.11 Å². The highest BCUT2D eigenvalue weighted by atomic mass is 35.5. The number of aliphatic hydroxyl groups is 1. The van der Waals surface area contributed by atoms with Crippen LogP contribution in [0.1, 0.15) is 22.3 Å². The van der Waals surface area contributed by atoms with Crippen molar-refractivity contribution in [2.24, 2.45) is 0 Å². The summed E-state index contributed by atoms with van der Waals surface area (Å²) in [6, 6.07) is 39.5. The second-order valence-corrected chi connectivity index (χ2v) is 9.92. The maximum atomic E-state index is 11.5. The molecule has 41 heavy (non-hydrogen) atoms. The third kappa shape index (κ3) is 10.6. The third-order valence-corrected chi connectivity index (χ3v) is 6.69. The first-order valence-electron chi connectivity index (χ1n) is 13.8. The number of benzene rings is 4. The van der Waals surface area contributed by atoms with Gasteiger partial charge in [-0.2, -0.15) is 0 Å². The van der Waals surface area contributed by atoms with E-state index >= 15 is 0 Å². The minimum atomic E-state index is -1.00. The molecule has 4 aromatic rings. The molecule has 0 spiro atoms. The van der Waals surface area contributed by atoms with Crippen LogP contribution in [0.15, 0.2) is 133 Å². The number of hydrogen-bond acceptors (Lipinski definition) is 5. The topological polar surface area (TPSA) is 57.2 Å². The monoisotopic (exact) mass is 572 g/mol. The highest BCUT2D eigenvalue weighted by Crippen LogP contribution is 2.22. The molecule has 0 aromatic heterocycles. The fourth-order valence-corrected chi connectivity index (χ4v) is 4.54. The van der Waals surface area contributed by atoms with Crippen LogP contribution in [0.5, 0.6) is 0 Å². The summed E-state index contributed by atoms with van der Waals surface area (Å²) < 4.78 is 25.2. The summed E-state index contributed by atoms with van der Waals surface area (Å²) in [6.45, 7) is 1.34. The van der Waals surface area contributed by atoms with Crippen molar-refractivity contribution < 1.29 is 24.1 Å². The van der Waals surface area contributed by atoms with Gasteiger partial charge in [0.25, 0.3) is 0 Å². The summed E-state index contributed by atoms with van der Waals surface area (Å²) in [4.78, 5) is 0. The average molecular weight is 573 g/mol. The Bertz CT molecular complexity index is 1260. The SMILES string of the molecule is O[C@H](COCc1ccccc1)[C@@H](OCc1ccccc1)[C@H](OCc1ccccc1)[C@@H](/C=C/Cl)OCc1ccccc1. The highest BCUT2D eigenvalue weighted by molar-refractivity contribution is 6.25. The molecule has 0 saturated heterocycles. The Hall–Kier alpha value is -3.29. The first kappa shape index (κ1) is 30.7. The van der Waals surface area contributed by atoms with Gasteiger partial charge in [-0.3, -0.25) is 0 Å². The Morgan fingerprint density at radius 2 is 0.927 bits per heavy atom. The molecule has 0 fully saturated rings. The average Bonchev–Trinajstić information content (AvgIpc) is 3.03. The second kappa shape index (κ2) is 17.5. The van der Waals surface area contributed by atoms with Gasteiger partial charge in [-0.05, 0) is 28.3 Å². The van der Waals surface area contributed by atoms with Crippen molar-refractivity contribution in [3.8, 4) is 0 Å². The zero-order valence-corrected chi connectivity index (χ0v) is 23.8. The van der Waals surface area contributed by atoms with Crippen molar-refractivity contribution in [3.05, 3.63) is 155 Å². The van der Waals surface area contributed by atoms with Gasteiger partial charge in [-0.25, -0.2) is 0 Å². The van der Waals surface area contributed by atoms with Crippen LogP contribution in [0.2, 0.25) is 0 Å². The number of aliphatic hydroxyl groups excluding tert-OH is 1. The van der Waals surface area contributed by atoms with Crippen LogP contribution in [0.25, 0.3) is 0 Å². The van der Waals surface area contributed by atoms with E-state index in [1.165, 1.54) is 5.54 Å². The molecule has 0 bridgehead atoms. The molecule has 0 radical (unpaired) electrons. The summed E-state index contributed by atoms with van der Waals surface area (Å²) in [5.74, 6) is 0. The molecule has 0 unspecified atom stereocenters. The lowest BCUT2D eigenvalue weighted by molar-refractivity contribution is -0.178. The second-order valence-electron chi connectivity index (χ2n) is 9.67. The molecule has 4 aromatic carbocycles. The summed E-state index contributed by atoms with van der Waals surface area (Å²) in [5, 5.41) is 11.5. The van der Waals surface area contributed by atoms with Crippen LogP contribution in [0, 0.1) is 0 Å². The Labute approximate surface area is 247 Å². The molecule has 0 amide bonds. The van der Waals surface area contributed by atoms with Gasteiger partial charge >= 0.3 is 0 Å². The van der Waals surface area contributed by atoms with E-state index in [2.05, 4.69) is 0 Å². The zero-order chi connectivity index (χ0) is 28.5. The van der Waals surface area contributed by atoms with Crippen LogP contribution in [-0.2, 0) is 45.4 Å².